The summed E-state index contributed by atoms with van der Waals surface area (Å²) in [6, 6.07) is 2.23. The van der Waals surface area contributed by atoms with Crippen molar-refractivity contribution in [1.29, 1.82) is 0 Å². The normalized spacial score (nSPS) is 33.2. The zero-order chi connectivity index (χ0) is 16.0. The van der Waals surface area contributed by atoms with E-state index < -0.39 is 23.9 Å². The summed E-state index contributed by atoms with van der Waals surface area (Å²) in [6.45, 7) is 0.339. The first-order valence-corrected chi connectivity index (χ1v) is 7.65. The predicted molar refractivity (Wildman–Crippen MR) is 79.9 cm³/mol. The number of aliphatic hydroxyl groups excluding tert-OH is 2. The van der Waals surface area contributed by atoms with Crippen LogP contribution in [-0.2, 0) is 0 Å². The van der Waals surface area contributed by atoms with Crippen molar-refractivity contribution in [2.75, 3.05) is 12.3 Å². The standard InChI is InChI=1S/C15H18ClFN2O3/c16-10-3-9(11(17)4-12(10)18)15(22)19-5-7-1-6-2-8(7)14(21)13(6)20/h3-4,6-8,13-14,20-21H,1-2,5,18H2,(H,19,22)/t6-,7-,8-,13+,14-/m0/s1. The van der Waals surface area contributed by atoms with Gasteiger partial charge < -0.3 is 21.3 Å². The van der Waals surface area contributed by atoms with E-state index in [0.717, 1.165) is 18.9 Å². The fraction of sp³-hybridized carbons (Fsp3) is 0.533. The van der Waals surface area contributed by atoms with Crippen molar-refractivity contribution in [3.63, 3.8) is 0 Å². The summed E-state index contributed by atoms with van der Waals surface area (Å²) < 4.78 is 13.8. The van der Waals surface area contributed by atoms with E-state index in [0.29, 0.717) is 6.54 Å². The van der Waals surface area contributed by atoms with Crippen molar-refractivity contribution in [2.24, 2.45) is 17.8 Å². The second-order valence-corrected chi connectivity index (χ2v) is 6.61. The van der Waals surface area contributed by atoms with Crippen LogP contribution in [0.25, 0.3) is 0 Å². The minimum Gasteiger partial charge on any atom is -0.397 e. The topological polar surface area (TPSA) is 95.6 Å². The molecule has 3 rings (SSSR count). The molecule has 2 aliphatic carbocycles. The molecular weight excluding hydrogens is 311 g/mol. The van der Waals surface area contributed by atoms with E-state index in [-0.39, 0.29) is 34.0 Å². The average molecular weight is 329 g/mol. The molecule has 0 unspecified atom stereocenters. The van der Waals surface area contributed by atoms with Gasteiger partial charge in [0.05, 0.1) is 28.5 Å². The Labute approximate surface area is 132 Å². The molecule has 0 saturated heterocycles. The Balaban J connectivity index is 1.63. The van der Waals surface area contributed by atoms with E-state index in [1.54, 1.807) is 0 Å². The number of carbonyl (C=O) groups is 1. The highest BCUT2D eigenvalue weighted by atomic mass is 35.5. The maximum absolute atomic E-state index is 13.8. The predicted octanol–water partition coefficient (Wildman–Crippen LogP) is 1.17. The quantitative estimate of drug-likeness (QED) is 0.626. The van der Waals surface area contributed by atoms with Crippen molar-refractivity contribution < 1.29 is 19.4 Å². The number of carbonyl (C=O) groups excluding carboxylic acids is 1. The van der Waals surface area contributed by atoms with Gasteiger partial charge in [-0.2, -0.15) is 0 Å². The molecule has 22 heavy (non-hydrogen) atoms. The van der Waals surface area contributed by atoms with Gasteiger partial charge in [-0.1, -0.05) is 11.6 Å². The third-order valence-corrected chi connectivity index (χ3v) is 5.24. The fourth-order valence-electron chi connectivity index (χ4n) is 3.72. The molecule has 5 nitrogen and oxygen atoms in total. The van der Waals surface area contributed by atoms with E-state index in [1.807, 2.05) is 0 Å². The summed E-state index contributed by atoms with van der Waals surface area (Å²) in [7, 11) is 0. The van der Waals surface area contributed by atoms with Gasteiger partial charge in [-0.05, 0) is 42.7 Å². The molecule has 7 heteroatoms. The maximum Gasteiger partial charge on any atom is 0.254 e. The summed E-state index contributed by atoms with van der Waals surface area (Å²) in [5, 5.41) is 22.4. The number of anilines is 1. The fourth-order valence-corrected chi connectivity index (χ4v) is 3.88. The largest absolute Gasteiger partial charge is 0.397 e. The van der Waals surface area contributed by atoms with E-state index in [4.69, 9.17) is 17.3 Å². The average Bonchev–Trinajstić information content (AvgIpc) is 3.01. The van der Waals surface area contributed by atoms with Crippen LogP contribution in [0.3, 0.4) is 0 Å². The minimum absolute atomic E-state index is 0.0137. The number of nitrogens with one attached hydrogen (secondary N) is 1. The molecule has 1 aromatic rings. The number of halogens is 2. The zero-order valence-corrected chi connectivity index (χ0v) is 12.6. The molecule has 5 N–H and O–H groups in total. The van der Waals surface area contributed by atoms with Crippen LogP contribution < -0.4 is 11.1 Å². The van der Waals surface area contributed by atoms with Gasteiger partial charge in [-0.15, -0.1) is 0 Å². The third-order valence-electron chi connectivity index (χ3n) is 4.91. The molecule has 2 bridgehead atoms. The minimum atomic E-state index is -0.733. The van der Waals surface area contributed by atoms with Gasteiger partial charge in [-0.25, -0.2) is 4.39 Å². The van der Waals surface area contributed by atoms with Crippen LogP contribution in [0, 0.1) is 23.6 Å². The Hall–Kier alpha value is -1.37. The first-order chi connectivity index (χ1) is 10.4. The second-order valence-electron chi connectivity index (χ2n) is 6.20. The van der Waals surface area contributed by atoms with Gasteiger partial charge in [0.15, 0.2) is 0 Å². The van der Waals surface area contributed by atoms with Gasteiger partial charge in [0.2, 0.25) is 0 Å². The monoisotopic (exact) mass is 328 g/mol. The van der Waals surface area contributed by atoms with Gasteiger partial charge in [0.1, 0.15) is 5.82 Å². The van der Waals surface area contributed by atoms with Crippen LogP contribution in [0.15, 0.2) is 12.1 Å². The molecule has 0 radical (unpaired) electrons. The molecule has 0 spiro atoms. The molecule has 2 saturated carbocycles. The molecule has 0 aliphatic heterocycles. The van der Waals surface area contributed by atoms with Gasteiger partial charge >= 0.3 is 0 Å². The van der Waals surface area contributed by atoms with Crippen LogP contribution >= 0.6 is 11.6 Å². The summed E-state index contributed by atoms with van der Waals surface area (Å²) in [5.41, 5.74) is 5.41. The molecule has 5 atom stereocenters. The Morgan fingerprint density at radius 3 is 2.73 bits per heavy atom. The number of fused-ring (bicyclic) bond motifs is 2. The van der Waals surface area contributed by atoms with E-state index in [2.05, 4.69) is 5.32 Å². The van der Waals surface area contributed by atoms with Crippen molar-refractivity contribution in [3.8, 4) is 0 Å². The Morgan fingerprint density at radius 1 is 1.36 bits per heavy atom. The zero-order valence-electron chi connectivity index (χ0n) is 11.8. The number of benzene rings is 1. The lowest BCUT2D eigenvalue weighted by molar-refractivity contribution is -0.0332. The van der Waals surface area contributed by atoms with Crippen molar-refractivity contribution >= 4 is 23.2 Å². The van der Waals surface area contributed by atoms with Gasteiger partial charge in [0, 0.05) is 6.54 Å². The highest BCUT2D eigenvalue weighted by molar-refractivity contribution is 6.33. The maximum atomic E-state index is 13.8. The third kappa shape index (κ3) is 2.55. The van der Waals surface area contributed by atoms with Crippen LogP contribution in [0.2, 0.25) is 5.02 Å². The number of hydrogen-bond acceptors (Lipinski definition) is 4. The Bertz CT molecular complexity index is 611. The summed E-state index contributed by atoms with van der Waals surface area (Å²) >= 11 is 5.81. The molecule has 0 aromatic heterocycles. The van der Waals surface area contributed by atoms with E-state index >= 15 is 0 Å². The van der Waals surface area contributed by atoms with Gasteiger partial charge in [0.25, 0.3) is 5.91 Å². The summed E-state index contributed by atoms with van der Waals surface area (Å²) in [4.78, 5) is 12.1. The number of amides is 1. The molecular formula is C15H18ClFN2O3. The number of nitrogens with two attached hydrogens (primary N) is 1. The van der Waals surface area contributed by atoms with Crippen LogP contribution in [0.5, 0.6) is 0 Å². The number of rotatable bonds is 3. The molecule has 0 heterocycles. The van der Waals surface area contributed by atoms with Crippen LogP contribution in [0.1, 0.15) is 23.2 Å². The first kappa shape index (κ1) is 15.5. The van der Waals surface area contributed by atoms with E-state index in [1.165, 1.54) is 6.07 Å². The second kappa shape index (κ2) is 5.68. The van der Waals surface area contributed by atoms with Crippen molar-refractivity contribution in [2.45, 2.75) is 25.0 Å². The smallest absolute Gasteiger partial charge is 0.254 e. The molecule has 1 aromatic carbocycles. The lowest BCUT2D eigenvalue weighted by Crippen LogP contribution is -2.41. The van der Waals surface area contributed by atoms with E-state index in [9.17, 15) is 19.4 Å². The Kier molecular flexibility index (Phi) is 4.01. The molecule has 1 amide bonds. The van der Waals surface area contributed by atoms with Crippen LogP contribution in [-0.4, -0.2) is 34.9 Å². The number of nitrogen functional groups attached to an aromatic ring is 1. The SMILES string of the molecule is Nc1cc(F)c(C(=O)NC[C@@H]2C[C@H]3C[C@@H]2[C@H](O)[C@@H]3O)cc1Cl. The lowest BCUT2D eigenvalue weighted by Gasteiger charge is -2.29. The van der Waals surface area contributed by atoms with Crippen molar-refractivity contribution in [3.05, 3.63) is 28.5 Å². The van der Waals surface area contributed by atoms with Crippen molar-refractivity contribution in [1.82, 2.24) is 5.32 Å². The molecule has 2 fully saturated rings. The highest BCUT2D eigenvalue weighted by Gasteiger charge is 2.51. The van der Waals surface area contributed by atoms with Gasteiger partial charge in [-0.3, -0.25) is 4.79 Å². The molecule has 120 valence electrons. The summed E-state index contributed by atoms with van der Waals surface area (Å²) in [6.07, 6.45) is 0.132. The van der Waals surface area contributed by atoms with Crippen LogP contribution in [0.4, 0.5) is 10.1 Å². The number of hydrogen-bond donors (Lipinski definition) is 4. The Morgan fingerprint density at radius 2 is 2.09 bits per heavy atom. The first-order valence-electron chi connectivity index (χ1n) is 7.27. The molecule has 2 aliphatic rings. The highest BCUT2D eigenvalue weighted by Crippen LogP contribution is 2.48. The summed E-state index contributed by atoms with van der Waals surface area (Å²) in [5.74, 6) is -1.11. The lowest BCUT2D eigenvalue weighted by atomic mass is 9.85. The number of aliphatic hydroxyl groups is 2.